The molecule has 2 aromatic carbocycles. The molecule has 154 valence electrons. The molecule has 0 aromatic heterocycles. The lowest BCUT2D eigenvalue weighted by atomic mass is 10.2. The summed E-state index contributed by atoms with van der Waals surface area (Å²) in [6.45, 7) is 1.58. The van der Waals surface area contributed by atoms with E-state index in [9.17, 15) is 22.8 Å². The second-order valence-corrected chi connectivity index (χ2v) is 8.38. The van der Waals surface area contributed by atoms with Crippen LogP contribution < -0.4 is 10.6 Å². The van der Waals surface area contributed by atoms with Crippen LogP contribution in [0.1, 0.15) is 22.3 Å². The highest BCUT2D eigenvalue weighted by atomic mass is 32.2. The van der Waals surface area contributed by atoms with Crippen LogP contribution in [-0.2, 0) is 24.2 Å². The summed E-state index contributed by atoms with van der Waals surface area (Å²) in [4.78, 5) is 35.4. The second kappa shape index (κ2) is 9.83. The number of sulfone groups is 1. The Kier molecular flexibility index (Phi) is 7.49. The quantitative estimate of drug-likeness (QED) is 0.630. The molecular formula is C20H22N2O6S. The van der Waals surface area contributed by atoms with Gasteiger partial charge in [-0.25, -0.2) is 8.42 Å². The van der Waals surface area contributed by atoms with Crippen LogP contribution in [0.2, 0.25) is 0 Å². The Morgan fingerprint density at radius 3 is 2.38 bits per heavy atom. The maximum atomic E-state index is 12.3. The lowest BCUT2D eigenvalue weighted by Gasteiger charge is -2.09. The number of hydrogen-bond acceptors (Lipinski definition) is 6. The highest BCUT2D eigenvalue weighted by Gasteiger charge is 2.17. The molecule has 2 N–H and O–H groups in total. The van der Waals surface area contributed by atoms with Gasteiger partial charge in [-0.3, -0.25) is 14.4 Å². The number of methoxy groups -OCH3 is 1. The molecule has 0 aliphatic carbocycles. The number of rotatable bonds is 8. The molecule has 29 heavy (non-hydrogen) atoms. The molecule has 0 aliphatic rings. The topological polar surface area (TPSA) is 119 Å². The standard InChI is InChI=1S/C20H22N2O6S/c1-14-6-8-17(9-7-14)29(26,27)11-10-18(23)22-16-5-3-4-15(12-16)20(25)21-13-19(24)28-2/h3-9,12H,10-11,13H2,1-2H3,(H,21,25)(H,22,23). The first-order valence-corrected chi connectivity index (χ1v) is 10.4. The second-order valence-electron chi connectivity index (χ2n) is 6.27. The van der Waals surface area contributed by atoms with Gasteiger partial charge >= 0.3 is 5.97 Å². The van der Waals surface area contributed by atoms with Gasteiger partial charge in [0.15, 0.2) is 9.84 Å². The van der Waals surface area contributed by atoms with Gasteiger partial charge in [-0.15, -0.1) is 0 Å². The smallest absolute Gasteiger partial charge is 0.325 e. The third-order valence-corrected chi connectivity index (χ3v) is 5.74. The molecule has 2 amide bonds. The van der Waals surface area contributed by atoms with Gasteiger partial charge < -0.3 is 15.4 Å². The third kappa shape index (κ3) is 6.72. The van der Waals surface area contributed by atoms with Crippen LogP contribution >= 0.6 is 0 Å². The van der Waals surface area contributed by atoms with Crippen molar-refractivity contribution in [2.24, 2.45) is 0 Å². The first-order valence-electron chi connectivity index (χ1n) is 8.75. The lowest BCUT2D eigenvalue weighted by Crippen LogP contribution is -2.30. The summed E-state index contributed by atoms with van der Waals surface area (Å²) in [5.41, 5.74) is 1.52. The average molecular weight is 418 g/mol. The first-order chi connectivity index (χ1) is 13.7. The minimum absolute atomic E-state index is 0.167. The molecule has 2 aromatic rings. The zero-order valence-electron chi connectivity index (χ0n) is 16.1. The van der Waals surface area contributed by atoms with Gasteiger partial charge in [0.05, 0.1) is 17.8 Å². The van der Waals surface area contributed by atoms with Crippen LogP contribution in [-0.4, -0.2) is 45.6 Å². The molecule has 0 atom stereocenters. The summed E-state index contributed by atoms with van der Waals surface area (Å²) in [6, 6.07) is 12.5. The summed E-state index contributed by atoms with van der Waals surface area (Å²) in [7, 11) is -2.36. The van der Waals surface area contributed by atoms with Gasteiger partial charge in [-0.2, -0.15) is 0 Å². The van der Waals surface area contributed by atoms with E-state index in [0.29, 0.717) is 5.69 Å². The zero-order valence-corrected chi connectivity index (χ0v) is 16.9. The Balaban J connectivity index is 1.94. The molecule has 9 heteroatoms. The molecule has 8 nitrogen and oxygen atoms in total. The van der Waals surface area contributed by atoms with Crippen LogP contribution in [0, 0.1) is 6.92 Å². The van der Waals surface area contributed by atoms with E-state index in [-0.39, 0.29) is 29.2 Å². The Labute approximate surface area is 169 Å². The van der Waals surface area contributed by atoms with Crippen LogP contribution in [0.3, 0.4) is 0 Å². The van der Waals surface area contributed by atoms with Gasteiger partial charge in [0, 0.05) is 17.7 Å². The van der Waals surface area contributed by atoms with Gasteiger partial charge in [0.25, 0.3) is 5.91 Å². The number of aryl methyl sites for hydroxylation is 1. The van der Waals surface area contributed by atoms with E-state index in [2.05, 4.69) is 15.4 Å². The number of anilines is 1. The number of carbonyl (C=O) groups is 3. The van der Waals surface area contributed by atoms with Crippen molar-refractivity contribution in [1.82, 2.24) is 5.32 Å². The molecule has 0 aliphatic heterocycles. The number of nitrogens with one attached hydrogen (secondary N) is 2. The van der Waals surface area contributed by atoms with Crippen molar-refractivity contribution in [3.8, 4) is 0 Å². The molecule has 0 saturated carbocycles. The van der Waals surface area contributed by atoms with E-state index in [1.807, 2.05) is 6.92 Å². The van der Waals surface area contributed by atoms with Crippen molar-refractivity contribution in [3.05, 3.63) is 59.7 Å². The van der Waals surface area contributed by atoms with E-state index >= 15 is 0 Å². The van der Waals surface area contributed by atoms with Crippen LogP contribution in [0.4, 0.5) is 5.69 Å². The maximum Gasteiger partial charge on any atom is 0.325 e. The minimum Gasteiger partial charge on any atom is -0.468 e. The fraction of sp³-hybridized carbons (Fsp3) is 0.250. The SMILES string of the molecule is COC(=O)CNC(=O)c1cccc(NC(=O)CCS(=O)(=O)c2ccc(C)cc2)c1. The predicted molar refractivity (Wildman–Crippen MR) is 107 cm³/mol. The van der Waals surface area contributed by atoms with Crippen molar-refractivity contribution in [1.29, 1.82) is 0 Å². The third-order valence-electron chi connectivity index (χ3n) is 4.01. The summed E-state index contributed by atoms with van der Waals surface area (Å²) >= 11 is 0. The Morgan fingerprint density at radius 1 is 1.03 bits per heavy atom. The van der Waals surface area contributed by atoms with Crippen molar-refractivity contribution < 1.29 is 27.5 Å². The van der Waals surface area contributed by atoms with E-state index in [0.717, 1.165) is 5.56 Å². The number of benzene rings is 2. The fourth-order valence-corrected chi connectivity index (χ4v) is 3.62. The Morgan fingerprint density at radius 2 is 1.72 bits per heavy atom. The van der Waals surface area contributed by atoms with E-state index in [4.69, 9.17) is 0 Å². The molecule has 0 saturated heterocycles. The number of carbonyl (C=O) groups excluding carboxylic acids is 3. The average Bonchev–Trinajstić information content (AvgIpc) is 2.71. The van der Waals surface area contributed by atoms with Crippen LogP contribution in [0.5, 0.6) is 0 Å². The molecule has 0 bridgehead atoms. The number of hydrogen-bond donors (Lipinski definition) is 2. The zero-order chi connectivity index (χ0) is 21.4. The fourth-order valence-electron chi connectivity index (χ4n) is 2.38. The number of ether oxygens (including phenoxy) is 1. The van der Waals surface area contributed by atoms with Crippen molar-refractivity contribution in [3.63, 3.8) is 0 Å². The highest BCUT2D eigenvalue weighted by molar-refractivity contribution is 7.91. The van der Waals surface area contributed by atoms with Gasteiger partial charge in [0.2, 0.25) is 5.91 Å². The summed E-state index contributed by atoms with van der Waals surface area (Å²) in [5, 5.41) is 4.96. The summed E-state index contributed by atoms with van der Waals surface area (Å²) < 4.78 is 29.1. The van der Waals surface area contributed by atoms with Gasteiger partial charge in [-0.05, 0) is 37.3 Å². The van der Waals surface area contributed by atoms with Crippen molar-refractivity contribution >= 4 is 33.3 Å². The van der Waals surface area contributed by atoms with Crippen molar-refractivity contribution in [2.75, 3.05) is 24.7 Å². The molecule has 0 radical (unpaired) electrons. The Hall–Kier alpha value is -3.20. The van der Waals surface area contributed by atoms with Crippen LogP contribution in [0.25, 0.3) is 0 Å². The summed E-state index contributed by atoms with van der Waals surface area (Å²) in [6.07, 6.45) is -0.227. The van der Waals surface area contributed by atoms with E-state index in [1.54, 1.807) is 24.3 Å². The van der Waals surface area contributed by atoms with E-state index < -0.39 is 27.6 Å². The predicted octanol–water partition coefficient (Wildman–Crippen LogP) is 1.70. The monoisotopic (exact) mass is 418 g/mol. The minimum atomic E-state index is -3.57. The first kappa shape index (κ1) is 22.1. The normalized spacial score (nSPS) is 10.8. The Bertz CT molecular complexity index is 1000. The molecule has 2 rings (SSSR count). The van der Waals surface area contributed by atoms with E-state index in [1.165, 1.54) is 31.4 Å². The molecule has 0 heterocycles. The largest absolute Gasteiger partial charge is 0.468 e. The molecule has 0 unspecified atom stereocenters. The lowest BCUT2D eigenvalue weighted by molar-refractivity contribution is -0.139. The number of amides is 2. The van der Waals surface area contributed by atoms with Crippen LogP contribution in [0.15, 0.2) is 53.4 Å². The summed E-state index contributed by atoms with van der Waals surface area (Å²) in [5.74, 6) is -1.92. The number of esters is 1. The maximum absolute atomic E-state index is 12.3. The molecular weight excluding hydrogens is 396 g/mol. The molecule has 0 fully saturated rings. The molecule has 0 spiro atoms. The highest BCUT2D eigenvalue weighted by Crippen LogP contribution is 2.15. The van der Waals surface area contributed by atoms with Crippen molar-refractivity contribution in [2.45, 2.75) is 18.2 Å². The van der Waals surface area contributed by atoms with Gasteiger partial charge in [0.1, 0.15) is 6.54 Å². The van der Waals surface area contributed by atoms with Gasteiger partial charge in [-0.1, -0.05) is 23.8 Å².